The van der Waals surface area contributed by atoms with Crippen molar-refractivity contribution in [2.75, 3.05) is 25.0 Å². The molecule has 4 nitrogen and oxygen atoms in total. The first-order valence-corrected chi connectivity index (χ1v) is 7.39. The summed E-state index contributed by atoms with van der Waals surface area (Å²) in [7, 11) is 2.14. The molecule has 1 aromatic carbocycles. The van der Waals surface area contributed by atoms with E-state index in [9.17, 15) is 4.79 Å². The van der Waals surface area contributed by atoms with E-state index in [1.165, 1.54) is 16.8 Å². The molecule has 0 saturated carbocycles. The van der Waals surface area contributed by atoms with Gasteiger partial charge in [0.25, 0.3) is 0 Å². The molecule has 0 radical (unpaired) electrons. The average molecular weight is 275 g/mol. The number of benzene rings is 1. The van der Waals surface area contributed by atoms with Crippen molar-refractivity contribution in [3.63, 3.8) is 0 Å². The second-order valence-electron chi connectivity index (χ2n) is 5.78. The van der Waals surface area contributed by atoms with Gasteiger partial charge in [0.15, 0.2) is 0 Å². The number of anilines is 1. The number of rotatable bonds is 6. The van der Waals surface area contributed by atoms with Crippen molar-refractivity contribution in [3.05, 3.63) is 29.3 Å². The van der Waals surface area contributed by atoms with Crippen LogP contribution >= 0.6 is 0 Å². The summed E-state index contributed by atoms with van der Waals surface area (Å²) < 4.78 is 0. The predicted octanol–water partition coefficient (Wildman–Crippen LogP) is 1.68. The van der Waals surface area contributed by atoms with Gasteiger partial charge in [0.05, 0.1) is 0 Å². The van der Waals surface area contributed by atoms with Crippen LogP contribution in [0.4, 0.5) is 5.69 Å². The third kappa shape index (κ3) is 3.97. The molecule has 0 spiro atoms. The fourth-order valence-electron chi connectivity index (χ4n) is 2.56. The maximum Gasteiger partial charge on any atom is 0.221 e. The van der Waals surface area contributed by atoms with Gasteiger partial charge in [-0.25, -0.2) is 0 Å². The van der Waals surface area contributed by atoms with Crippen LogP contribution in [0.5, 0.6) is 0 Å². The van der Waals surface area contributed by atoms with Gasteiger partial charge in [-0.15, -0.1) is 0 Å². The summed E-state index contributed by atoms with van der Waals surface area (Å²) >= 11 is 0. The monoisotopic (exact) mass is 275 g/mol. The van der Waals surface area contributed by atoms with E-state index in [1.54, 1.807) is 0 Å². The average Bonchev–Trinajstić information content (AvgIpc) is 2.75. The fraction of sp³-hybridized carbons (Fsp3) is 0.562. The van der Waals surface area contributed by atoms with E-state index >= 15 is 0 Å². The molecular formula is C16H25N3O. The van der Waals surface area contributed by atoms with Crippen molar-refractivity contribution in [2.45, 2.75) is 39.3 Å². The predicted molar refractivity (Wildman–Crippen MR) is 83.0 cm³/mol. The molecule has 1 aromatic rings. The number of hydrogen-bond acceptors (Lipinski definition) is 3. The molecule has 2 N–H and O–H groups in total. The summed E-state index contributed by atoms with van der Waals surface area (Å²) in [4.78, 5) is 13.8. The molecule has 4 heteroatoms. The highest BCUT2D eigenvalue weighted by molar-refractivity contribution is 5.76. The largest absolute Gasteiger partial charge is 0.374 e. The van der Waals surface area contributed by atoms with Crippen LogP contribution in [0.15, 0.2) is 18.2 Å². The summed E-state index contributed by atoms with van der Waals surface area (Å²) in [6, 6.07) is 6.86. The lowest BCUT2D eigenvalue weighted by atomic mass is 10.1. The quantitative estimate of drug-likeness (QED) is 0.777. The Morgan fingerprint density at radius 1 is 1.40 bits per heavy atom. The minimum atomic E-state index is 0.114. The zero-order valence-corrected chi connectivity index (χ0v) is 12.7. The van der Waals surface area contributed by atoms with Crippen LogP contribution in [-0.2, 0) is 17.8 Å². The Labute approximate surface area is 121 Å². The molecule has 1 aliphatic rings. The highest BCUT2D eigenvalue weighted by Crippen LogP contribution is 2.27. The number of likely N-dealkylation sites (N-methyl/N-ethyl adjacent to an activating group) is 1. The Hall–Kier alpha value is -1.55. The zero-order chi connectivity index (χ0) is 14.5. The number of nitrogens with one attached hydrogen (secondary N) is 2. The molecule has 110 valence electrons. The van der Waals surface area contributed by atoms with Gasteiger partial charge in [0, 0.05) is 44.8 Å². The third-order valence-electron chi connectivity index (χ3n) is 3.58. The highest BCUT2D eigenvalue weighted by Gasteiger charge is 2.15. The highest BCUT2D eigenvalue weighted by atomic mass is 16.1. The van der Waals surface area contributed by atoms with E-state index in [4.69, 9.17) is 0 Å². The molecule has 0 unspecified atom stereocenters. The van der Waals surface area contributed by atoms with Crippen molar-refractivity contribution in [3.8, 4) is 0 Å². The van der Waals surface area contributed by atoms with Gasteiger partial charge in [-0.1, -0.05) is 12.1 Å². The Morgan fingerprint density at radius 2 is 2.20 bits per heavy atom. The minimum absolute atomic E-state index is 0.114. The van der Waals surface area contributed by atoms with Gasteiger partial charge in [0.2, 0.25) is 5.91 Å². The molecule has 1 heterocycles. The van der Waals surface area contributed by atoms with E-state index in [0.29, 0.717) is 6.42 Å². The van der Waals surface area contributed by atoms with Gasteiger partial charge < -0.3 is 15.5 Å². The molecule has 2 rings (SSSR count). The number of carbonyl (C=O) groups excluding carboxylic acids is 1. The molecule has 0 aromatic heterocycles. The van der Waals surface area contributed by atoms with Gasteiger partial charge in [0.1, 0.15) is 0 Å². The Balaban J connectivity index is 1.74. The first kappa shape index (κ1) is 14.9. The first-order chi connectivity index (χ1) is 9.56. The molecule has 1 amide bonds. The van der Waals surface area contributed by atoms with Crippen molar-refractivity contribution in [1.82, 2.24) is 10.6 Å². The molecular weight excluding hydrogens is 250 g/mol. The van der Waals surface area contributed by atoms with Gasteiger partial charge >= 0.3 is 0 Å². The molecule has 0 aliphatic carbocycles. The smallest absolute Gasteiger partial charge is 0.221 e. The molecule has 1 aliphatic heterocycles. The minimum Gasteiger partial charge on any atom is -0.374 e. The topological polar surface area (TPSA) is 44.4 Å². The summed E-state index contributed by atoms with van der Waals surface area (Å²) in [6.07, 6.45) is 1.67. The van der Waals surface area contributed by atoms with E-state index < -0.39 is 0 Å². The molecule has 0 bridgehead atoms. The number of hydrogen-bond donors (Lipinski definition) is 2. The van der Waals surface area contributed by atoms with E-state index in [1.807, 2.05) is 13.8 Å². The van der Waals surface area contributed by atoms with E-state index in [0.717, 1.165) is 26.1 Å². The van der Waals surface area contributed by atoms with Crippen molar-refractivity contribution in [1.29, 1.82) is 0 Å². The van der Waals surface area contributed by atoms with Crippen LogP contribution in [0.1, 0.15) is 31.4 Å². The van der Waals surface area contributed by atoms with Crippen LogP contribution in [0.2, 0.25) is 0 Å². The summed E-state index contributed by atoms with van der Waals surface area (Å²) in [5, 5.41) is 6.23. The molecule has 0 atom stereocenters. The number of amides is 1. The zero-order valence-electron chi connectivity index (χ0n) is 12.7. The Morgan fingerprint density at radius 3 is 2.95 bits per heavy atom. The van der Waals surface area contributed by atoms with Gasteiger partial charge in [-0.3, -0.25) is 4.79 Å². The van der Waals surface area contributed by atoms with Crippen LogP contribution in [0.3, 0.4) is 0 Å². The standard InChI is InChI=1S/C16H25N3O/c1-12(2)18-16(20)6-8-17-11-13-4-5-15-14(10-13)7-9-19(15)3/h4-5,10,12,17H,6-9,11H2,1-3H3,(H,18,20). The van der Waals surface area contributed by atoms with Crippen molar-refractivity contribution >= 4 is 11.6 Å². The fourth-order valence-corrected chi connectivity index (χ4v) is 2.56. The van der Waals surface area contributed by atoms with Crippen molar-refractivity contribution < 1.29 is 4.79 Å². The summed E-state index contributed by atoms with van der Waals surface area (Å²) in [5.74, 6) is 0.114. The van der Waals surface area contributed by atoms with Crippen LogP contribution < -0.4 is 15.5 Å². The Bertz CT molecular complexity index is 471. The van der Waals surface area contributed by atoms with Crippen LogP contribution in [0.25, 0.3) is 0 Å². The SMILES string of the molecule is CC(C)NC(=O)CCNCc1ccc2c(c1)CCN2C. The molecule has 20 heavy (non-hydrogen) atoms. The van der Waals surface area contributed by atoms with E-state index in [-0.39, 0.29) is 11.9 Å². The lowest BCUT2D eigenvalue weighted by Crippen LogP contribution is -2.32. The normalized spacial score (nSPS) is 13.7. The number of nitrogens with zero attached hydrogens (tertiary/aromatic N) is 1. The lowest BCUT2D eigenvalue weighted by Gasteiger charge is -2.12. The first-order valence-electron chi connectivity index (χ1n) is 7.39. The second kappa shape index (κ2) is 6.75. The second-order valence-corrected chi connectivity index (χ2v) is 5.78. The van der Waals surface area contributed by atoms with Crippen molar-refractivity contribution in [2.24, 2.45) is 0 Å². The summed E-state index contributed by atoms with van der Waals surface area (Å²) in [5.41, 5.74) is 4.08. The van der Waals surface area contributed by atoms with Gasteiger partial charge in [-0.05, 0) is 37.5 Å². The van der Waals surface area contributed by atoms with Gasteiger partial charge in [-0.2, -0.15) is 0 Å². The molecule has 0 saturated heterocycles. The third-order valence-corrected chi connectivity index (χ3v) is 3.58. The molecule has 0 fully saturated rings. The van der Waals surface area contributed by atoms with Crippen LogP contribution in [-0.4, -0.2) is 32.1 Å². The summed E-state index contributed by atoms with van der Waals surface area (Å²) in [6.45, 7) is 6.61. The maximum absolute atomic E-state index is 11.5. The Kier molecular flexibility index (Phi) is 5.01. The number of fused-ring (bicyclic) bond motifs is 1. The van der Waals surface area contributed by atoms with Crippen LogP contribution in [0, 0.1) is 0 Å². The lowest BCUT2D eigenvalue weighted by molar-refractivity contribution is -0.121. The number of carbonyl (C=O) groups is 1. The van der Waals surface area contributed by atoms with E-state index in [2.05, 4.69) is 40.8 Å². The maximum atomic E-state index is 11.5.